The molecule has 1 rings (SSSR count). The summed E-state index contributed by atoms with van der Waals surface area (Å²) in [6.45, 7) is 8.97. The molecule has 1 atom stereocenters. The minimum Gasteiger partial charge on any atom is -0.338 e. The van der Waals surface area contributed by atoms with Crippen LogP contribution in [0.1, 0.15) is 32.5 Å². The first kappa shape index (κ1) is 10.2. The van der Waals surface area contributed by atoms with E-state index in [1.165, 1.54) is 0 Å². The fraction of sp³-hybridized carbons (Fsp3) is 0.778. The Morgan fingerprint density at radius 3 is 2.54 bits per heavy atom. The lowest BCUT2D eigenvalue weighted by Crippen LogP contribution is -2.30. The Morgan fingerprint density at radius 2 is 2.08 bits per heavy atom. The van der Waals surface area contributed by atoms with Crippen molar-refractivity contribution in [3.05, 3.63) is 11.7 Å². The topological polar surface area (TPSA) is 51.0 Å². The van der Waals surface area contributed by atoms with Crippen LogP contribution >= 0.6 is 0 Å². The Balaban J connectivity index is 2.35. The summed E-state index contributed by atoms with van der Waals surface area (Å²) in [5.41, 5.74) is 0. The van der Waals surface area contributed by atoms with E-state index in [1.807, 2.05) is 6.92 Å². The average Bonchev–Trinajstić information content (AvgIpc) is 2.47. The van der Waals surface area contributed by atoms with Gasteiger partial charge in [0.2, 0.25) is 5.89 Å². The number of hydrogen-bond acceptors (Lipinski definition) is 4. The first-order valence-corrected chi connectivity index (χ1v) is 4.62. The molecule has 4 nitrogen and oxygen atoms in total. The van der Waals surface area contributed by atoms with E-state index in [0.717, 1.165) is 0 Å². The normalized spacial score (nSPS) is 13.6. The molecule has 0 aliphatic heterocycles. The highest BCUT2D eigenvalue weighted by Gasteiger charge is 2.08. The smallest absolute Gasteiger partial charge is 0.240 e. The van der Waals surface area contributed by atoms with Crippen molar-refractivity contribution in [2.45, 2.75) is 40.3 Å². The fourth-order valence-electron chi connectivity index (χ4n) is 0.896. The van der Waals surface area contributed by atoms with Gasteiger partial charge >= 0.3 is 0 Å². The minimum absolute atomic E-state index is 0.465. The summed E-state index contributed by atoms with van der Waals surface area (Å²) in [4.78, 5) is 4.10. The van der Waals surface area contributed by atoms with Crippen molar-refractivity contribution in [3.63, 3.8) is 0 Å². The van der Waals surface area contributed by atoms with Crippen LogP contribution in [-0.4, -0.2) is 16.2 Å². The Morgan fingerprint density at radius 1 is 1.38 bits per heavy atom. The quantitative estimate of drug-likeness (QED) is 0.768. The van der Waals surface area contributed by atoms with Gasteiger partial charge in [0.1, 0.15) is 0 Å². The first-order valence-electron chi connectivity index (χ1n) is 4.62. The van der Waals surface area contributed by atoms with Gasteiger partial charge in [-0.3, -0.25) is 0 Å². The maximum atomic E-state index is 4.97. The molecule has 13 heavy (non-hydrogen) atoms. The van der Waals surface area contributed by atoms with E-state index in [0.29, 0.717) is 30.2 Å². The third-order valence-electron chi connectivity index (χ3n) is 2.14. The summed E-state index contributed by atoms with van der Waals surface area (Å²) < 4.78 is 4.97. The van der Waals surface area contributed by atoms with E-state index >= 15 is 0 Å². The SMILES string of the molecule is Cc1noc(CNC(C)C(C)C)n1. The summed E-state index contributed by atoms with van der Waals surface area (Å²) in [5, 5.41) is 7.03. The summed E-state index contributed by atoms with van der Waals surface area (Å²) in [7, 11) is 0. The van der Waals surface area contributed by atoms with Crippen LogP contribution in [0.25, 0.3) is 0 Å². The van der Waals surface area contributed by atoms with Crippen LogP contribution in [-0.2, 0) is 6.54 Å². The molecule has 1 N–H and O–H groups in total. The second-order valence-corrected chi connectivity index (χ2v) is 3.65. The van der Waals surface area contributed by atoms with Crippen LogP contribution in [0.3, 0.4) is 0 Å². The summed E-state index contributed by atoms with van der Waals surface area (Å²) in [5.74, 6) is 1.96. The van der Waals surface area contributed by atoms with Crippen LogP contribution < -0.4 is 5.32 Å². The Bertz CT molecular complexity index is 257. The molecule has 0 bridgehead atoms. The third kappa shape index (κ3) is 3.14. The van der Waals surface area contributed by atoms with Crippen LogP contribution in [0.5, 0.6) is 0 Å². The molecule has 0 spiro atoms. The lowest BCUT2D eigenvalue weighted by atomic mass is 10.1. The standard InChI is InChI=1S/C9H17N3O/c1-6(2)7(3)10-5-9-11-8(4)12-13-9/h6-7,10H,5H2,1-4H3. The number of nitrogens with zero attached hydrogens (tertiary/aromatic N) is 2. The molecule has 0 aliphatic carbocycles. The molecule has 1 heterocycles. The van der Waals surface area contributed by atoms with Crippen molar-refractivity contribution < 1.29 is 4.52 Å². The second kappa shape index (κ2) is 4.37. The third-order valence-corrected chi connectivity index (χ3v) is 2.14. The monoisotopic (exact) mass is 183 g/mol. The lowest BCUT2D eigenvalue weighted by molar-refractivity contribution is 0.341. The van der Waals surface area contributed by atoms with E-state index in [2.05, 4.69) is 36.2 Å². The number of aryl methyl sites for hydroxylation is 1. The number of nitrogens with one attached hydrogen (secondary N) is 1. The molecule has 0 radical (unpaired) electrons. The van der Waals surface area contributed by atoms with Crippen molar-refractivity contribution in [2.24, 2.45) is 5.92 Å². The Hall–Kier alpha value is -0.900. The predicted molar refractivity (Wildman–Crippen MR) is 50.2 cm³/mol. The molecule has 1 aromatic heterocycles. The van der Waals surface area contributed by atoms with E-state index < -0.39 is 0 Å². The van der Waals surface area contributed by atoms with Gasteiger partial charge in [-0.2, -0.15) is 4.98 Å². The Labute approximate surface area is 78.7 Å². The van der Waals surface area contributed by atoms with Crippen LogP contribution in [0.15, 0.2) is 4.52 Å². The van der Waals surface area contributed by atoms with Crippen molar-refractivity contribution >= 4 is 0 Å². The molecule has 0 aliphatic rings. The zero-order valence-electron chi connectivity index (χ0n) is 8.66. The maximum absolute atomic E-state index is 4.97. The Kier molecular flexibility index (Phi) is 3.42. The number of hydrogen-bond donors (Lipinski definition) is 1. The molecule has 1 aromatic rings. The molecule has 4 heteroatoms. The van der Waals surface area contributed by atoms with E-state index in [-0.39, 0.29) is 0 Å². The zero-order chi connectivity index (χ0) is 9.84. The van der Waals surface area contributed by atoms with Crippen LogP contribution in [0.2, 0.25) is 0 Å². The highest BCUT2D eigenvalue weighted by atomic mass is 16.5. The first-order chi connectivity index (χ1) is 6.09. The van der Waals surface area contributed by atoms with Crippen molar-refractivity contribution in [1.29, 1.82) is 0 Å². The maximum Gasteiger partial charge on any atom is 0.240 e. The summed E-state index contributed by atoms with van der Waals surface area (Å²) >= 11 is 0. The molecule has 0 saturated carbocycles. The number of rotatable bonds is 4. The van der Waals surface area contributed by atoms with Gasteiger partial charge in [0.25, 0.3) is 0 Å². The largest absolute Gasteiger partial charge is 0.338 e. The van der Waals surface area contributed by atoms with Crippen molar-refractivity contribution in [3.8, 4) is 0 Å². The fourth-order valence-corrected chi connectivity index (χ4v) is 0.896. The molecule has 74 valence electrons. The molecular weight excluding hydrogens is 166 g/mol. The molecular formula is C9H17N3O. The van der Waals surface area contributed by atoms with E-state index in [1.54, 1.807) is 0 Å². The van der Waals surface area contributed by atoms with Gasteiger partial charge < -0.3 is 9.84 Å². The molecule has 0 fully saturated rings. The molecule has 0 saturated heterocycles. The van der Waals surface area contributed by atoms with Crippen molar-refractivity contribution in [1.82, 2.24) is 15.5 Å². The molecule has 1 unspecified atom stereocenters. The molecule has 0 amide bonds. The number of aromatic nitrogens is 2. The minimum atomic E-state index is 0.465. The van der Waals surface area contributed by atoms with Gasteiger partial charge in [-0.25, -0.2) is 0 Å². The van der Waals surface area contributed by atoms with E-state index in [9.17, 15) is 0 Å². The van der Waals surface area contributed by atoms with Gasteiger partial charge in [-0.15, -0.1) is 0 Å². The lowest BCUT2D eigenvalue weighted by Gasteiger charge is -2.15. The van der Waals surface area contributed by atoms with Gasteiger partial charge in [0.15, 0.2) is 5.82 Å². The van der Waals surface area contributed by atoms with Gasteiger partial charge in [-0.1, -0.05) is 19.0 Å². The molecule has 0 aromatic carbocycles. The highest BCUT2D eigenvalue weighted by molar-refractivity contribution is 4.82. The zero-order valence-corrected chi connectivity index (χ0v) is 8.66. The van der Waals surface area contributed by atoms with E-state index in [4.69, 9.17) is 4.52 Å². The van der Waals surface area contributed by atoms with Gasteiger partial charge in [0, 0.05) is 6.04 Å². The summed E-state index contributed by atoms with van der Waals surface area (Å²) in [6, 6.07) is 0.465. The van der Waals surface area contributed by atoms with Crippen molar-refractivity contribution in [2.75, 3.05) is 0 Å². The van der Waals surface area contributed by atoms with Gasteiger partial charge in [-0.05, 0) is 19.8 Å². The summed E-state index contributed by atoms with van der Waals surface area (Å²) in [6.07, 6.45) is 0. The van der Waals surface area contributed by atoms with Gasteiger partial charge in [0.05, 0.1) is 6.54 Å². The van der Waals surface area contributed by atoms with Crippen LogP contribution in [0, 0.1) is 12.8 Å². The van der Waals surface area contributed by atoms with Crippen LogP contribution in [0.4, 0.5) is 0 Å². The second-order valence-electron chi connectivity index (χ2n) is 3.65. The average molecular weight is 183 g/mol. The highest BCUT2D eigenvalue weighted by Crippen LogP contribution is 2.01. The predicted octanol–water partition coefficient (Wildman–Crippen LogP) is 1.51.